The highest BCUT2D eigenvalue weighted by Crippen LogP contribution is 2.41. The number of hydrogen-bond donors (Lipinski definition) is 0. The summed E-state index contributed by atoms with van der Waals surface area (Å²) >= 11 is 12.0. The fourth-order valence-corrected chi connectivity index (χ4v) is 2.61. The summed E-state index contributed by atoms with van der Waals surface area (Å²) in [5.74, 6) is -0.329. The topological polar surface area (TPSA) is 57.1 Å². The molecule has 3 aromatic rings. The van der Waals surface area contributed by atoms with E-state index in [1.165, 1.54) is 32.7 Å². The van der Waals surface area contributed by atoms with Gasteiger partial charge < -0.3 is 9.47 Å². The maximum absolute atomic E-state index is 14.6. The molecule has 0 saturated carbocycles. The SMILES string of the molecule is COc1cc(OC)c(Cl)c(-c2cc3cnc(Cl)nc3cn2)c1F. The van der Waals surface area contributed by atoms with Crippen LogP contribution in [0.1, 0.15) is 0 Å². The zero-order valence-corrected chi connectivity index (χ0v) is 13.6. The van der Waals surface area contributed by atoms with E-state index in [9.17, 15) is 4.39 Å². The predicted octanol–water partition coefficient (Wildman–Crippen LogP) is 4.15. The zero-order valence-electron chi connectivity index (χ0n) is 12.1. The third-order valence-corrected chi connectivity index (χ3v) is 3.82. The molecule has 0 aliphatic rings. The van der Waals surface area contributed by atoms with Gasteiger partial charge in [-0.1, -0.05) is 11.6 Å². The highest BCUT2D eigenvalue weighted by molar-refractivity contribution is 6.35. The maximum Gasteiger partial charge on any atom is 0.222 e. The van der Waals surface area contributed by atoms with Gasteiger partial charge in [-0.2, -0.15) is 0 Å². The van der Waals surface area contributed by atoms with E-state index in [0.717, 1.165) is 0 Å². The van der Waals surface area contributed by atoms with E-state index < -0.39 is 5.82 Å². The Morgan fingerprint density at radius 2 is 1.74 bits per heavy atom. The summed E-state index contributed by atoms with van der Waals surface area (Å²) in [7, 11) is 2.80. The van der Waals surface area contributed by atoms with Gasteiger partial charge in [-0.25, -0.2) is 14.4 Å². The molecule has 0 unspecified atom stereocenters. The van der Waals surface area contributed by atoms with Crippen molar-refractivity contribution in [1.29, 1.82) is 0 Å². The van der Waals surface area contributed by atoms with E-state index in [0.29, 0.717) is 16.6 Å². The lowest BCUT2D eigenvalue weighted by atomic mass is 10.1. The fraction of sp³-hybridized carbons (Fsp3) is 0.133. The van der Waals surface area contributed by atoms with Crippen molar-refractivity contribution in [1.82, 2.24) is 15.0 Å². The Balaban J connectivity index is 2.27. The molecule has 118 valence electrons. The fourth-order valence-electron chi connectivity index (χ4n) is 2.16. The standard InChI is InChI=1S/C15H10Cl2FN3O2/c1-22-10-4-11(23-2)14(18)12(13(10)16)8-3-7-5-20-15(17)21-9(7)6-19-8/h3-6H,1-2H3. The molecule has 2 aromatic heterocycles. The molecule has 0 amide bonds. The van der Waals surface area contributed by atoms with Crippen LogP contribution >= 0.6 is 23.2 Å². The first kappa shape index (κ1) is 15.7. The number of benzene rings is 1. The molecular weight excluding hydrogens is 344 g/mol. The van der Waals surface area contributed by atoms with Gasteiger partial charge in [-0.3, -0.25) is 4.98 Å². The number of pyridine rings is 1. The van der Waals surface area contributed by atoms with E-state index in [4.69, 9.17) is 32.7 Å². The molecule has 0 saturated heterocycles. The number of halogens is 3. The van der Waals surface area contributed by atoms with Crippen molar-refractivity contribution in [3.63, 3.8) is 0 Å². The van der Waals surface area contributed by atoms with Crippen LogP contribution in [0.4, 0.5) is 4.39 Å². The van der Waals surface area contributed by atoms with Crippen LogP contribution in [0.15, 0.2) is 24.5 Å². The van der Waals surface area contributed by atoms with Crippen molar-refractivity contribution >= 4 is 34.1 Å². The molecule has 0 bridgehead atoms. The third-order valence-electron chi connectivity index (χ3n) is 3.27. The Hall–Kier alpha value is -2.18. The first-order valence-electron chi connectivity index (χ1n) is 6.43. The van der Waals surface area contributed by atoms with Crippen molar-refractivity contribution in [2.24, 2.45) is 0 Å². The number of hydrogen-bond acceptors (Lipinski definition) is 5. The van der Waals surface area contributed by atoms with Crippen molar-refractivity contribution in [2.45, 2.75) is 0 Å². The van der Waals surface area contributed by atoms with Crippen LogP contribution in [0.2, 0.25) is 10.3 Å². The summed E-state index contributed by atoms with van der Waals surface area (Å²) in [5.41, 5.74) is 0.933. The molecular formula is C15H10Cl2FN3O2. The summed E-state index contributed by atoms with van der Waals surface area (Å²) in [6.45, 7) is 0. The lowest BCUT2D eigenvalue weighted by molar-refractivity contribution is 0.375. The van der Waals surface area contributed by atoms with Crippen molar-refractivity contribution in [3.8, 4) is 22.8 Å². The van der Waals surface area contributed by atoms with Crippen LogP contribution in [-0.2, 0) is 0 Å². The van der Waals surface area contributed by atoms with Gasteiger partial charge in [0.05, 0.1) is 42.2 Å². The first-order chi connectivity index (χ1) is 11.0. The van der Waals surface area contributed by atoms with E-state index in [2.05, 4.69) is 15.0 Å². The minimum Gasteiger partial charge on any atom is -0.495 e. The summed E-state index contributed by atoms with van der Waals surface area (Å²) < 4.78 is 24.8. The lowest BCUT2D eigenvalue weighted by Crippen LogP contribution is -1.98. The molecule has 0 radical (unpaired) electrons. The zero-order chi connectivity index (χ0) is 16.6. The molecule has 0 N–H and O–H groups in total. The van der Waals surface area contributed by atoms with Crippen LogP contribution < -0.4 is 9.47 Å². The van der Waals surface area contributed by atoms with Crippen LogP contribution in [-0.4, -0.2) is 29.2 Å². The van der Waals surface area contributed by atoms with Gasteiger partial charge in [0.25, 0.3) is 0 Å². The minimum atomic E-state index is -0.625. The van der Waals surface area contributed by atoms with E-state index in [-0.39, 0.29) is 27.4 Å². The number of fused-ring (bicyclic) bond motifs is 1. The Kier molecular flexibility index (Phi) is 4.19. The molecule has 0 aliphatic heterocycles. The van der Waals surface area contributed by atoms with Crippen molar-refractivity contribution in [3.05, 3.63) is 40.6 Å². The Labute approximate surface area is 141 Å². The van der Waals surface area contributed by atoms with Gasteiger partial charge in [0.1, 0.15) is 5.75 Å². The molecule has 0 spiro atoms. The largest absolute Gasteiger partial charge is 0.495 e. The lowest BCUT2D eigenvalue weighted by Gasteiger charge is -2.13. The van der Waals surface area contributed by atoms with Gasteiger partial charge >= 0.3 is 0 Å². The molecule has 1 aromatic carbocycles. The minimum absolute atomic E-state index is 0.00973. The predicted molar refractivity (Wildman–Crippen MR) is 85.9 cm³/mol. The van der Waals surface area contributed by atoms with E-state index in [1.807, 2.05) is 0 Å². The average Bonchev–Trinajstić information content (AvgIpc) is 2.55. The molecule has 3 rings (SSSR count). The Morgan fingerprint density at radius 3 is 2.43 bits per heavy atom. The van der Waals surface area contributed by atoms with Gasteiger partial charge in [0, 0.05) is 17.6 Å². The maximum atomic E-state index is 14.6. The van der Waals surface area contributed by atoms with Crippen LogP contribution in [0.5, 0.6) is 11.5 Å². The molecule has 0 atom stereocenters. The van der Waals surface area contributed by atoms with Crippen molar-refractivity contribution in [2.75, 3.05) is 14.2 Å². The number of rotatable bonds is 3. The second-order valence-corrected chi connectivity index (χ2v) is 5.27. The quantitative estimate of drug-likeness (QED) is 0.661. The Morgan fingerprint density at radius 1 is 1.00 bits per heavy atom. The number of methoxy groups -OCH3 is 2. The van der Waals surface area contributed by atoms with Crippen LogP contribution in [0, 0.1) is 5.82 Å². The van der Waals surface area contributed by atoms with Gasteiger partial charge in [-0.05, 0) is 17.7 Å². The second-order valence-electron chi connectivity index (χ2n) is 4.55. The second kappa shape index (κ2) is 6.14. The van der Waals surface area contributed by atoms with Crippen LogP contribution in [0.25, 0.3) is 22.2 Å². The monoisotopic (exact) mass is 353 g/mol. The van der Waals surface area contributed by atoms with E-state index in [1.54, 1.807) is 6.07 Å². The number of ether oxygens (including phenoxy) is 2. The molecule has 8 heteroatoms. The average molecular weight is 354 g/mol. The Bertz CT molecular complexity index is 877. The van der Waals surface area contributed by atoms with Crippen LogP contribution in [0.3, 0.4) is 0 Å². The van der Waals surface area contributed by atoms with Gasteiger partial charge in [0.2, 0.25) is 5.28 Å². The highest BCUT2D eigenvalue weighted by Gasteiger charge is 2.21. The number of nitrogens with zero attached hydrogens (tertiary/aromatic N) is 3. The molecule has 0 fully saturated rings. The number of aromatic nitrogens is 3. The van der Waals surface area contributed by atoms with E-state index >= 15 is 0 Å². The first-order valence-corrected chi connectivity index (χ1v) is 7.19. The molecule has 2 heterocycles. The van der Waals surface area contributed by atoms with Gasteiger partial charge in [0.15, 0.2) is 11.6 Å². The summed E-state index contributed by atoms with van der Waals surface area (Å²) in [6, 6.07) is 3.00. The smallest absolute Gasteiger partial charge is 0.222 e. The summed E-state index contributed by atoms with van der Waals surface area (Å²) in [6.07, 6.45) is 3.00. The third kappa shape index (κ3) is 2.75. The summed E-state index contributed by atoms with van der Waals surface area (Å²) in [4.78, 5) is 12.1. The highest BCUT2D eigenvalue weighted by atomic mass is 35.5. The molecule has 0 aliphatic carbocycles. The van der Waals surface area contributed by atoms with Gasteiger partial charge in [-0.15, -0.1) is 0 Å². The normalized spacial score (nSPS) is 10.8. The molecule has 5 nitrogen and oxygen atoms in total. The van der Waals surface area contributed by atoms with Crippen molar-refractivity contribution < 1.29 is 13.9 Å². The summed E-state index contributed by atoms with van der Waals surface area (Å²) in [5, 5.41) is 0.864. The molecule has 23 heavy (non-hydrogen) atoms.